The minimum atomic E-state index is -1.20. The van der Waals surface area contributed by atoms with Crippen LogP contribution in [-0.2, 0) is 32.0 Å². The van der Waals surface area contributed by atoms with Crippen LogP contribution in [0.1, 0.15) is 43.2 Å². The highest BCUT2D eigenvalue weighted by molar-refractivity contribution is 5.95. The average molecular weight is 675 g/mol. The van der Waals surface area contributed by atoms with Crippen LogP contribution < -0.4 is 38.5 Å². The summed E-state index contributed by atoms with van der Waals surface area (Å²) < 4.78 is 0. The molecule has 0 bridgehead atoms. The molecule has 2 aromatic carbocycles. The van der Waals surface area contributed by atoms with E-state index in [0.29, 0.717) is 25.8 Å². The van der Waals surface area contributed by atoms with Gasteiger partial charge in [0.05, 0.1) is 6.04 Å². The van der Waals surface area contributed by atoms with Gasteiger partial charge >= 0.3 is 5.97 Å². The lowest BCUT2D eigenvalue weighted by Crippen LogP contribution is -2.57. The Balaban J connectivity index is 1.53. The van der Waals surface area contributed by atoms with Gasteiger partial charge in [0, 0.05) is 47.2 Å². The van der Waals surface area contributed by atoms with Crippen molar-refractivity contribution < 1.29 is 24.3 Å². The van der Waals surface area contributed by atoms with Crippen molar-refractivity contribution in [2.75, 3.05) is 13.1 Å². The zero-order valence-electron chi connectivity index (χ0n) is 27.3. The van der Waals surface area contributed by atoms with Crippen molar-refractivity contribution in [2.45, 2.75) is 69.1 Å². The van der Waals surface area contributed by atoms with E-state index in [-0.39, 0.29) is 38.2 Å². The first-order chi connectivity index (χ1) is 23.6. The number of aromatic nitrogens is 2. The van der Waals surface area contributed by atoms with Crippen molar-refractivity contribution in [1.29, 1.82) is 5.41 Å². The number of carboxylic acid groups (broad SMARTS) is 1. The van der Waals surface area contributed by atoms with Crippen LogP contribution in [0.3, 0.4) is 0 Å². The van der Waals surface area contributed by atoms with Crippen molar-refractivity contribution in [3.63, 3.8) is 0 Å². The number of carbonyl (C=O) groups is 4. The summed E-state index contributed by atoms with van der Waals surface area (Å²) in [6, 6.07) is 10.7. The summed E-state index contributed by atoms with van der Waals surface area (Å²) in [4.78, 5) is 59.3. The van der Waals surface area contributed by atoms with Crippen LogP contribution in [0.25, 0.3) is 21.8 Å². The predicted molar refractivity (Wildman–Crippen MR) is 187 cm³/mol. The second-order valence-electron chi connectivity index (χ2n) is 12.0. The lowest BCUT2D eigenvalue weighted by molar-refractivity contribution is -0.142. The number of unbranched alkanes of at least 4 members (excludes halogenated alkanes) is 1. The highest BCUT2D eigenvalue weighted by Gasteiger charge is 2.31. The molecule has 0 aliphatic heterocycles. The Morgan fingerprint density at radius 1 is 0.735 bits per heavy atom. The number of benzene rings is 2. The molecule has 4 aromatic rings. The predicted octanol–water partition coefficient (Wildman–Crippen LogP) is 0.693. The van der Waals surface area contributed by atoms with Crippen molar-refractivity contribution in [2.24, 2.45) is 17.2 Å². The van der Waals surface area contributed by atoms with Gasteiger partial charge in [-0.05, 0) is 68.3 Å². The zero-order valence-corrected chi connectivity index (χ0v) is 27.3. The Labute approximate surface area is 283 Å². The van der Waals surface area contributed by atoms with Gasteiger partial charge in [0.15, 0.2) is 5.96 Å². The van der Waals surface area contributed by atoms with E-state index < -0.39 is 47.9 Å². The summed E-state index contributed by atoms with van der Waals surface area (Å²) in [6.07, 6.45) is 5.53. The number of hydrogen-bond donors (Lipinski definition) is 11. The number of rotatable bonds is 19. The van der Waals surface area contributed by atoms with Gasteiger partial charge in [0.1, 0.15) is 18.1 Å². The van der Waals surface area contributed by atoms with Gasteiger partial charge in [-0.1, -0.05) is 36.4 Å². The standard InChI is InChI=1S/C34H46N10O5/c35-14-6-5-12-28(33(48)49)43-32(47)29(17-21-19-41-26-11-4-2-9-23(21)26)44-31(46)27(13-7-15-39-34(37)38)42-30(45)24(36)16-20-18-40-25-10-3-1-8-22(20)25/h1-4,8-11,18-19,24,27-29,40-41H,5-7,12-17,35-36H2,(H,42,45)(H,43,47)(H,44,46)(H,48,49)(H4,37,38,39)/t24-,27-,28-,29-/m1/s1. The second kappa shape index (κ2) is 17.7. The first-order valence-electron chi connectivity index (χ1n) is 16.3. The van der Waals surface area contributed by atoms with E-state index >= 15 is 0 Å². The lowest BCUT2D eigenvalue weighted by Gasteiger charge is -2.25. The summed E-state index contributed by atoms with van der Waals surface area (Å²) in [5, 5.41) is 29.8. The maximum Gasteiger partial charge on any atom is 0.326 e. The Kier molecular flexibility index (Phi) is 13.1. The van der Waals surface area contributed by atoms with Crippen molar-refractivity contribution in [3.05, 3.63) is 72.1 Å². The van der Waals surface area contributed by atoms with Crippen LogP contribution in [0.5, 0.6) is 0 Å². The molecule has 0 unspecified atom stereocenters. The van der Waals surface area contributed by atoms with Gasteiger partial charge < -0.3 is 53.5 Å². The van der Waals surface area contributed by atoms with Crippen LogP contribution in [0, 0.1) is 5.41 Å². The summed E-state index contributed by atoms with van der Waals surface area (Å²) in [5.74, 6) is -3.33. The lowest BCUT2D eigenvalue weighted by atomic mass is 10.0. The van der Waals surface area contributed by atoms with Gasteiger partial charge in [-0.2, -0.15) is 0 Å². The van der Waals surface area contributed by atoms with Crippen molar-refractivity contribution in [3.8, 4) is 0 Å². The molecule has 15 nitrogen and oxygen atoms in total. The van der Waals surface area contributed by atoms with E-state index in [1.54, 1.807) is 12.4 Å². The number of carbonyl (C=O) groups excluding carboxylic acids is 3. The third-order valence-corrected chi connectivity index (χ3v) is 8.36. The molecule has 0 radical (unpaired) electrons. The minimum absolute atomic E-state index is 0.0450. The Hall–Kier alpha value is -5.41. The number of fused-ring (bicyclic) bond motifs is 2. The van der Waals surface area contributed by atoms with Crippen molar-refractivity contribution >= 4 is 51.5 Å². The molecule has 0 aliphatic rings. The van der Waals surface area contributed by atoms with Crippen LogP contribution in [-0.4, -0.2) is 82.0 Å². The number of amides is 3. The summed E-state index contributed by atoms with van der Waals surface area (Å²) in [6.45, 7) is 0.652. The molecule has 15 heteroatoms. The van der Waals surface area contributed by atoms with E-state index in [2.05, 4.69) is 31.2 Å². The molecule has 0 fully saturated rings. The minimum Gasteiger partial charge on any atom is -0.480 e. The van der Waals surface area contributed by atoms with E-state index in [1.807, 2.05) is 48.5 Å². The van der Waals surface area contributed by atoms with Gasteiger partial charge in [0.2, 0.25) is 17.7 Å². The molecule has 3 amide bonds. The number of carboxylic acids is 1. The number of nitrogens with two attached hydrogens (primary N) is 3. The highest BCUT2D eigenvalue weighted by Crippen LogP contribution is 2.20. The Morgan fingerprint density at radius 2 is 1.27 bits per heavy atom. The third kappa shape index (κ3) is 10.3. The fourth-order valence-electron chi connectivity index (χ4n) is 5.73. The molecular formula is C34H46N10O5. The summed E-state index contributed by atoms with van der Waals surface area (Å²) in [7, 11) is 0. The SMILES string of the molecule is N=C(N)NCCC[C@@H](NC(=O)[C@H](N)Cc1c[nH]c2ccccc12)C(=O)N[C@H](Cc1c[nH]c2ccccc12)C(=O)N[C@H](CCCCN)C(=O)O. The molecule has 2 heterocycles. The number of H-pyrrole nitrogens is 2. The fourth-order valence-corrected chi connectivity index (χ4v) is 5.73. The second-order valence-corrected chi connectivity index (χ2v) is 12.0. The fraction of sp³-hybridized carbons (Fsp3) is 0.382. The first kappa shape index (κ1) is 36.4. The van der Waals surface area contributed by atoms with E-state index in [1.165, 1.54) is 0 Å². The molecule has 0 saturated heterocycles. The Bertz CT molecular complexity index is 1750. The number of para-hydroxylation sites is 2. The molecule has 262 valence electrons. The molecule has 14 N–H and O–H groups in total. The Morgan fingerprint density at radius 3 is 1.86 bits per heavy atom. The van der Waals surface area contributed by atoms with Gasteiger partial charge in [-0.15, -0.1) is 0 Å². The number of aliphatic carboxylic acids is 1. The number of nitrogens with one attached hydrogen (secondary N) is 7. The van der Waals surface area contributed by atoms with Gasteiger partial charge in [-0.3, -0.25) is 19.8 Å². The molecule has 2 aromatic heterocycles. The zero-order chi connectivity index (χ0) is 35.3. The molecule has 4 rings (SSSR count). The van der Waals surface area contributed by atoms with E-state index in [0.717, 1.165) is 32.9 Å². The smallest absolute Gasteiger partial charge is 0.326 e. The van der Waals surface area contributed by atoms with E-state index in [4.69, 9.17) is 22.6 Å². The largest absolute Gasteiger partial charge is 0.480 e. The molecule has 0 saturated carbocycles. The maximum atomic E-state index is 13.9. The summed E-state index contributed by atoms with van der Waals surface area (Å²) >= 11 is 0. The highest BCUT2D eigenvalue weighted by atomic mass is 16.4. The van der Waals surface area contributed by atoms with Crippen LogP contribution in [0.15, 0.2) is 60.9 Å². The quantitative estimate of drug-likeness (QED) is 0.0379. The monoisotopic (exact) mass is 674 g/mol. The number of guanidine groups is 1. The normalized spacial score (nSPS) is 13.7. The molecule has 49 heavy (non-hydrogen) atoms. The van der Waals surface area contributed by atoms with E-state index in [9.17, 15) is 24.3 Å². The van der Waals surface area contributed by atoms with Crippen LogP contribution >= 0.6 is 0 Å². The molecule has 0 spiro atoms. The van der Waals surface area contributed by atoms with Crippen LogP contribution in [0.4, 0.5) is 0 Å². The maximum absolute atomic E-state index is 13.9. The van der Waals surface area contributed by atoms with Gasteiger partial charge in [0.25, 0.3) is 0 Å². The van der Waals surface area contributed by atoms with Gasteiger partial charge in [-0.25, -0.2) is 4.79 Å². The number of hydrogen-bond acceptors (Lipinski definition) is 7. The first-order valence-corrected chi connectivity index (χ1v) is 16.3. The third-order valence-electron chi connectivity index (χ3n) is 8.36. The average Bonchev–Trinajstić information content (AvgIpc) is 3.68. The molecule has 4 atom stereocenters. The van der Waals surface area contributed by atoms with Crippen molar-refractivity contribution in [1.82, 2.24) is 31.2 Å². The summed E-state index contributed by atoms with van der Waals surface area (Å²) in [5.41, 5.74) is 20.6. The van der Waals surface area contributed by atoms with Crippen LogP contribution in [0.2, 0.25) is 0 Å². The molecule has 0 aliphatic carbocycles. The molecular weight excluding hydrogens is 628 g/mol. The topological polar surface area (TPSA) is 270 Å². The number of aromatic amines is 2.